The number of benzene rings is 1. The maximum absolute atomic E-state index is 12.0. The predicted molar refractivity (Wildman–Crippen MR) is 70.8 cm³/mol. The van der Waals surface area contributed by atoms with Gasteiger partial charge in [-0.1, -0.05) is 11.6 Å². The molecule has 0 aliphatic rings. The number of anilines is 1. The number of nitrogens with zero attached hydrogens (tertiary/aromatic N) is 1. The summed E-state index contributed by atoms with van der Waals surface area (Å²) >= 11 is 6.78. The highest BCUT2D eigenvalue weighted by atomic mass is 35.5. The minimum absolute atomic E-state index is 0.0793. The van der Waals surface area contributed by atoms with Gasteiger partial charge in [0.15, 0.2) is 4.21 Å². The number of sulfonamides is 1. The number of rotatable bonds is 3. The van der Waals surface area contributed by atoms with Crippen molar-refractivity contribution in [1.82, 2.24) is 4.98 Å². The van der Waals surface area contributed by atoms with E-state index in [4.69, 9.17) is 11.6 Å². The SMILES string of the molecule is Cc1ncc(S(=O)(=O)Nc2ccc(O)c(Cl)c2)s1. The van der Waals surface area contributed by atoms with Crippen molar-refractivity contribution in [2.75, 3.05) is 4.72 Å². The van der Waals surface area contributed by atoms with Crippen LogP contribution in [0, 0.1) is 6.92 Å². The maximum atomic E-state index is 12.0. The number of hydrogen-bond donors (Lipinski definition) is 2. The Balaban J connectivity index is 2.30. The van der Waals surface area contributed by atoms with Crippen LogP contribution in [-0.2, 0) is 10.0 Å². The van der Waals surface area contributed by atoms with Gasteiger partial charge in [-0.25, -0.2) is 13.4 Å². The molecule has 0 atom stereocenters. The van der Waals surface area contributed by atoms with Crippen molar-refractivity contribution in [2.45, 2.75) is 11.1 Å². The molecule has 0 unspecified atom stereocenters. The molecule has 0 fully saturated rings. The third-order valence-corrected chi connectivity index (χ3v) is 5.12. The summed E-state index contributed by atoms with van der Waals surface area (Å²) < 4.78 is 26.4. The van der Waals surface area contributed by atoms with Crippen molar-refractivity contribution in [1.29, 1.82) is 0 Å². The van der Waals surface area contributed by atoms with Crippen LogP contribution in [0.25, 0.3) is 0 Å². The topological polar surface area (TPSA) is 79.3 Å². The van der Waals surface area contributed by atoms with Gasteiger partial charge in [-0.3, -0.25) is 4.72 Å². The minimum atomic E-state index is -3.66. The summed E-state index contributed by atoms with van der Waals surface area (Å²) in [5.74, 6) is -0.103. The molecular weight excluding hydrogens is 296 g/mol. The van der Waals surface area contributed by atoms with Crippen LogP contribution in [0.5, 0.6) is 5.75 Å². The Kier molecular flexibility index (Phi) is 3.47. The molecule has 2 rings (SSSR count). The van der Waals surface area contributed by atoms with E-state index in [1.807, 2.05) is 0 Å². The first-order chi connectivity index (χ1) is 8.38. The van der Waals surface area contributed by atoms with Gasteiger partial charge >= 0.3 is 0 Å². The van der Waals surface area contributed by atoms with Gasteiger partial charge < -0.3 is 5.11 Å². The van der Waals surface area contributed by atoms with Gasteiger partial charge in [-0.15, -0.1) is 11.3 Å². The second kappa shape index (κ2) is 4.75. The first-order valence-corrected chi connectivity index (χ1v) is 7.50. The smallest absolute Gasteiger partial charge is 0.273 e. The van der Waals surface area contributed by atoms with Gasteiger partial charge in [0.2, 0.25) is 0 Å². The first kappa shape index (κ1) is 13.1. The van der Waals surface area contributed by atoms with E-state index in [9.17, 15) is 13.5 Å². The molecule has 0 amide bonds. The largest absolute Gasteiger partial charge is 0.506 e. The Labute approximate surface area is 113 Å². The number of aromatic hydroxyl groups is 1. The number of phenols is 1. The lowest BCUT2D eigenvalue weighted by Crippen LogP contribution is -2.11. The summed E-state index contributed by atoms with van der Waals surface area (Å²) in [6.45, 7) is 1.72. The molecule has 0 bridgehead atoms. The van der Waals surface area contributed by atoms with Gasteiger partial charge in [-0.05, 0) is 25.1 Å². The highest BCUT2D eigenvalue weighted by Crippen LogP contribution is 2.28. The number of aromatic nitrogens is 1. The Morgan fingerprint density at radius 2 is 2.17 bits per heavy atom. The van der Waals surface area contributed by atoms with Gasteiger partial charge in [0.05, 0.1) is 21.9 Å². The lowest BCUT2D eigenvalue weighted by atomic mass is 10.3. The third kappa shape index (κ3) is 2.74. The van der Waals surface area contributed by atoms with E-state index >= 15 is 0 Å². The quantitative estimate of drug-likeness (QED) is 0.854. The molecular formula is C10H9ClN2O3S2. The van der Waals surface area contributed by atoms with E-state index in [0.717, 1.165) is 11.3 Å². The van der Waals surface area contributed by atoms with E-state index < -0.39 is 10.0 Å². The van der Waals surface area contributed by atoms with Crippen molar-refractivity contribution in [3.05, 3.63) is 34.4 Å². The Bertz CT molecular complexity index is 682. The third-order valence-electron chi connectivity index (χ3n) is 2.06. The molecule has 0 saturated heterocycles. The fourth-order valence-electron chi connectivity index (χ4n) is 1.24. The van der Waals surface area contributed by atoms with Crippen LogP contribution in [0.2, 0.25) is 5.02 Å². The lowest BCUT2D eigenvalue weighted by Gasteiger charge is -2.06. The molecule has 0 aliphatic heterocycles. The minimum Gasteiger partial charge on any atom is -0.506 e. The molecule has 1 aromatic heterocycles. The normalized spacial score (nSPS) is 11.4. The summed E-state index contributed by atoms with van der Waals surface area (Å²) in [7, 11) is -3.66. The van der Waals surface area contributed by atoms with Crippen LogP contribution in [0.1, 0.15) is 5.01 Å². The molecule has 1 heterocycles. The Hall–Kier alpha value is -1.31. The van der Waals surface area contributed by atoms with Gasteiger partial charge in [-0.2, -0.15) is 0 Å². The van der Waals surface area contributed by atoms with Gasteiger partial charge in [0.1, 0.15) is 5.75 Å². The lowest BCUT2D eigenvalue weighted by molar-refractivity contribution is 0.475. The second-order valence-corrected chi connectivity index (χ2v) is 7.02. The number of aryl methyl sites for hydroxylation is 1. The molecule has 8 heteroatoms. The fraction of sp³-hybridized carbons (Fsp3) is 0.100. The van der Waals surface area contributed by atoms with E-state index in [1.165, 1.54) is 24.4 Å². The monoisotopic (exact) mass is 304 g/mol. The van der Waals surface area contributed by atoms with E-state index in [1.54, 1.807) is 6.92 Å². The van der Waals surface area contributed by atoms with Crippen LogP contribution in [0.4, 0.5) is 5.69 Å². The number of halogens is 1. The number of phenolic OH excluding ortho intramolecular Hbond substituents is 1. The molecule has 0 spiro atoms. The number of nitrogens with one attached hydrogen (secondary N) is 1. The molecule has 0 radical (unpaired) electrons. The number of thiazole rings is 1. The average Bonchev–Trinajstić information content (AvgIpc) is 2.71. The zero-order chi connectivity index (χ0) is 13.3. The van der Waals surface area contributed by atoms with Gasteiger partial charge in [0.25, 0.3) is 10.0 Å². The molecule has 5 nitrogen and oxygen atoms in total. The zero-order valence-corrected chi connectivity index (χ0v) is 11.6. The average molecular weight is 305 g/mol. The van der Waals surface area contributed by atoms with Crippen LogP contribution in [-0.4, -0.2) is 18.5 Å². The molecule has 0 saturated carbocycles. The van der Waals surface area contributed by atoms with Gasteiger partial charge in [0, 0.05) is 0 Å². The van der Waals surface area contributed by atoms with Crippen LogP contribution < -0.4 is 4.72 Å². The van der Waals surface area contributed by atoms with Crippen LogP contribution >= 0.6 is 22.9 Å². The molecule has 0 aliphatic carbocycles. The van der Waals surface area contributed by atoms with Crippen molar-refractivity contribution >= 4 is 38.6 Å². The highest BCUT2D eigenvalue weighted by molar-refractivity contribution is 7.94. The van der Waals surface area contributed by atoms with E-state index in [2.05, 4.69) is 9.71 Å². The summed E-state index contributed by atoms with van der Waals surface area (Å²) in [5, 5.41) is 9.99. The van der Waals surface area contributed by atoms with Crippen molar-refractivity contribution in [3.8, 4) is 5.75 Å². The fourth-order valence-corrected chi connectivity index (χ4v) is 3.58. The summed E-state index contributed by atoms with van der Waals surface area (Å²) in [6, 6.07) is 4.08. The van der Waals surface area contributed by atoms with Crippen molar-refractivity contribution in [2.24, 2.45) is 0 Å². The maximum Gasteiger partial charge on any atom is 0.273 e. The second-order valence-electron chi connectivity index (χ2n) is 3.47. The van der Waals surface area contributed by atoms with Crippen LogP contribution in [0.3, 0.4) is 0 Å². The zero-order valence-electron chi connectivity index (χ0n) is 9.21. The van der Waals surface area contributed by atoms with Crippen molar-refractivity contribution in [3.63, 3.8) is 0 Å². The Morgan fingerprint density at radius 1 is 1.44 bits per heavy atom. The summed E-state index contributed by atoms with van der Waals surface area (Å²) in [5.41, 5.74) is 0.281. The molecule has 18 heavy (non-hydrogen) atoms. The molecule has 2 aromatic rings. The van der Waals surface area contributed by atoms with Crippen LogP contribution in [0.15, 0.2) is 28.6 Å². The molecule has 2 N–H and O–H groups in total. The predicted octanol–water partition coefficient (Wildman–Crippen LogP) is 2.61. The Morgan fingerprint density at radius 3 is 2.72 bits per heavy atom. The summed E-state index contributed by atoms with van der Waals surface area (Å²) in [4.78, 5) is 3.89. The molecule has 1 aromatic carbocycles. The highest BCUT2D eigenvalue weighted by Gasteiger charge is 2.17. The van der Waals surface area contributed by atoms with E-state index in [-0.39, 0.29) is 20.7 Å². The number of hydrogen-bond acceptors (Lipinski definition) is 5. The van der Waals surface area contributed by atoms with E-state index in [0.29, 0.717) is 5.01 Å². The standard InChI is InChI=1S/C10H9ClN2O3S2/c1-6-12-5-10(17-6)18(15,16)13-7-2-3-9(14)8(11)4-7/h2-5,13-14H,1H3. The van der Waals surface area contributed by atoms with Crippen molar-refractivity contribution < 1.29 is 13.5 Å². The summed E-state index contributed by atoms with van der Waals surface area (Å²) in [6.07, 6.45) is 1.30. The first-order valence-electron chi connectivity index (χ1n) is 4.82. The molecule has 96 valence electrons.